The Morgan fingerprint density at radius 2 is 1.06 bits per heavy atom. The van der Waals surface area contributed by atoms with Gasteiger partial charge in [0.1, 0.15) is 12.6 Å². The van der Waals surface area contributed by atoms with Gasteiger partial charge in [0, 0.05) is 0 Å². The van der Waals surface area contributed by atoms with E-state index in [0.29, 0.717) is 0 Å². The molecule has 0 aromatic carbocycles. The highest BCUT2D eigenvalue weighted by Crippen LogP contribution is 2.05. The third-order valence-corrected chi connectivity index (χ3v) is 1.53. The van der Waals surface area contributed by atoms with E-state index in [9.17, 15) is 5.02 Å². The predicted octanol–water partition coefficient (Wildman–Crippen LogP) is 1.98. The first kappa shape index (κ1) is 15.9. The molecule has 0 rings (SSSR count). The SMILES string of the molecule is CC(C)OC(C)OB([O])OC(C)OC(C)C. The molecule has 0 aliphatic rings. The van der Waals surface area contributed by atoms with Crippen molar-refractivity contribution in [1.82, 2.24) is 0 Å². The van der Waals surface area contributed by atoms with Crippen LogP contribution in [-0.4, -0.2) is 32.1 Å². The van der Waals surface area contributed by atoms with E-state index in [1.807, 2.05) is 27.7 Å². The summed E-state index contributed by atoms with van der Waals surface area (Å²) in [5.41, 5.74) is 0. The molecule has 2 atom stereocenters. The summed E-state index contributed by atoms with van der Waals surface area (Å²) < 4.78 is 20.3. The first-order valence-electron chi connectivity index (χ1n) is 5.59. The lowest BCUT2D eigenvalue weighted by Crippen LogP contribution is -2.33. The summed E-state index contributed by atoms with van der Waals surface area (Å²) in [4.78, 5) is 0. The summed E-state index contributed by atoms with van der Waals surface area (Å²) in [6.07, 6.45) is -1.17. The second-order valence-electron chi connectivity index (χ2n) is 4.07. The Kier molecular flexibility index (Phi) is 7.96. The number of ether oxygens (including phenoxy) is 2. The van der Waals surface area contributed by atoms with Crippen molar-refractivity contribution in [2.75, 3.05) is 0 Å². The van der Waals surface area contributed by atoms with E-state index >= 15 is 0 Å². The summed E-state index contributed by atoms with van der Waals surface area (Å²) in [5, 5.41) is 11.3. The minimum absolute atomic E-state index is 0.00605. The Hall–Kier alpha value is -0.135. The molecule has 6 heteroatoms. The maximum absolute atomic E-state index is 11.3. The molecular weight excluding hydrogens is 211 g/mol. The average molecular weight is 233 g/mol. The largest absolute Gasteiger partial charge is 0.670 e. The van der Waals surface area contributed by atoms with E-state index in [0.717, 1.165) is 0 Å². The van der Waals surface area contributed by atoms with Crippen LogP contribution >= 0.6 is 0 Å². The van der Waals surface area contributed by atoms with Crippen LogP contribution in [-0.2, 0) is 23.8 Å². The zero-order valence-electron chi connectivity index (χ0n) is 10.9. The molecule has 95 valence electrons. The van der Waals surface area contributed by atoms with Gasteiger partial charge in [-0.1, -0.05) is 0 Å². The topological polar surface area (TPSA) is 56.8 Å². The fourth-order valence-electron chi connectivity index (χ4n) is 1.18. The van der Waals surface area contributed by atoms with E-state index < -0.39 is 19.9 Å². The molecule has 0 heterocycles. The first-order chi connectivity index (χ1) is 7.31. The van der Waals surface area contributed by atoms with E-state index in [1.165, 1.54) is 0 Å². The Labute approximate surface area is 98.2 Å². The third kappa shape index (κ3) is 9.12. The van der Waals surface area contributed by atoms with Crippen molar-refractivity contribution in [2.45, 2.75) is 66.3 Å². The van der Waals surface area contributed by atoms with Crippen LogP contribution in [0.1, 0.15) is 41.5 Å². The van der Waals surface area contributed by atoms with Crippen LogP contribution < -0.4 is 0 Å². The van der Waals surface area contributed by atoms with Crippen LogP contribution in [0.5, 0.6) is 0 Å². The molecule has 0 saturated heterocycles. The first-order valence-corrected chi connectivity index (χ1v) is 5.59. The molecule has 0 bridgehead atoms. The van der Waals surface area contributed by atoms with E-state index in [-0.39, 0.29) is 12.2 Å². The van der Waals surface area contributed by atoms with Crippen LogP contribution in [0.15, 0.2) is 0 Å². The lowest BCUT2D eigenvalue weighted by molar-refractivity contribution is -0.155. The van der Waals surface area contributed by atoms with Crippen LogP contribution in [0.4, 0.5) is 0 Å². The summed E-state index contributed by atoms with van der Waals surface area (Å²) in [6.45, 7) is 10.8. The molecule has 1 radical (unpaired) electrons. The fraction of sp³-hybridized carbons (Fsp3) is 1.00. The van der Waals surface area contributed by atoms with Gasteiger partial charge >= 0.3 is 7.32 Å². The summed E-state index contributed by atoms with van der Waals surface area (Å²) in [7, 11) is -1.59. The van der Waals surface area contributed by atoms with Crippen LogP contribution in [0, 0.1) is 0 Å². The highest BCUT2D eigenvalue weighted by atomic mass is 16.8. The van der Waals surface area contributed by atoms with Gasteiger partial charge in [0.25, 0.3) is 0 Å². The molecule has 16 heavy (non-hydrogen) atoms. The van der Waals surface area contributed by atoms with Crippen molar-refractivity contribution in [2.24, 2.45) is 0 Å². The smallest absolute Gasteiger partial charge is 0.358 e. The van der Waals surface area contributed by atoms with Gasteiger partial charge in [0.05, 0.1) is 12.2 Å². The highest BCUT2D eigenvalue weighted by Gasteiger charge is 2.25. The van der Waals surface area contributed by atoms with E-state index in [4.69, 9.17) is 18.8 Å². The van der Waals surface area contributed by atoms with Gasteiger partial charge in [0.2, 0.25) is 0 Å². The molecule has 0 aliphatic heterocycles. The monoisotopic (exact) mass is 233 g/mol. The zero-order valence-corrected chi connectivity index (χ0v) is 10.9. The summed E-state index contributed by atoms with van der Waals surface area (Å²) >= 11 is 0. The summed E-state index contributed by atoms with van der Waals surface area (Å²) in [6, 6.07) is 0. The molecule has 0 fully saturated rings. The number of hydrogen-bond donors (Lipinski definition) is 0. The maximum atomic E-state index is 11.3. The second-order valence-corrected chi connectivity index (χ2v) is 4.07. The van der Waals surface area contributed by atoms with E-state index in [1.54, 1.807) is 13.8 Å². The molecule has 0 aromatic rings. The summed E-state index contributed by atoms with van der Waals surface area (Å²) in [5.74, 6) is 0. The molecular formula is C10H22BO5. The van der Waals surface area contributed by atoms with Gasteiger partial charge < -0.3 is 18.8 Å². The van der Waals surface area contributed by atoms with Gasteiger partial charge in [0.15, 0.2) is 0 Å². The van der Waals surface area contributed by atoms with Crippen molar-refractivity contribution < 1.29 is 23.8 Å². The lowest BCUT2D eigenvalue weighted by Gasteiger charge is -2.21. The molecule has 5 nitrogen and oxygen atoms in total. The standard InChI is InChI=1S/C10H22BO5/c1-7(2)13-9(5)15-11(12)16-10(6)14-8(3)4/h7-10H,1-6H3. The normalized spacial score (nSPS) is 15.6. The minimum atomic E-state index is -1.59. The van der Waals surface area contributed by atoms with Gasteiger partial charge in [-0.2, -0.15) is 0 Å². The van der Waals surface area contributed by atoms with Gasteiger partial charge in [-0.25, -0.2) is 5.02 Å². The molecule has 0 aromatic heterocycles. The van der Waals surface area contributed by atoms with Crippen LogP contribution in [0.25, 0.3) is 0 Å². The number of rotatable bonds is 8. The minimum Gasteiger partial charge on any atom is -0.358 e. The Morgan fingerprint density at radius 1 is 0.750 bits per heavy atom. The molecule has 0 aliphatic carbocycles. The Morgan fingerprint density at radius 3 is 1.31 bits per heavy atom. The number of hydrogen-bond acceptors (Lipinski definition) is 4. The van der Waals surface area contributed by atoms with Crippen molar-refractivity contribution in [3.8, 4) is 0 Å². The zero-order chi connectivity index (χ0) is 12.7. The van der Waals surface area contributed by atoms with E-state index in [2.05, 4.69) is 0 Å². The van der Waals surface area contributed by atoms with Crippen molar-refractivity contribution in [3.05, 3.63) is 0 Å². The van der Waals surface area contributed by atoms with Gasteiger partial charge in [-0.3, -0.25) is 0 Å². The average Bonchev–Trinajstić information content (AvgIpc) is 1.97. The molecule has 0 saturated carbocycles. The van der Waals surface area contributed by atoms with Crippen molar-refractivity contribution in [3.63, 3.8) is 0 Å². The lowest BCUT2D eigenvalue weighted by atomic mass is 10.2. The quantitative estimate of drug-likeness (QED) is 0.475. The molecule has 2 unspecified atom stereocenters. The third-order valence-electron chi connectivity index (χ3n) is 1.53. The molecule has 0 spiro atoms. The van der Waals surface area contributed by atoms with Crippen molar-refractivity contribution >= 4 is 7.32 Å². The molecule has 0 N–H and O–H groups in total. The van der Waals surface area contributed by atoms with Crippen LogP contribution in [0.3, 0.4) is 0 Å². The second kappa shape index (κ2) is 8.03. The van der Waals surface area contributed by atoms with Crippen LogP contribution in [0.2, 0.25) is 0 Å². The van der Waals surface area contributed by atoms with Crippen molar-refractivity contribution in [1.29, 1.82) is 0 Å². The molecule has 0 amide bonds. The highest BCUT2D eigenvalue weighted by molar-refractivity contribution is 6.34. The maximum Gasteiger partial charge on any atom is 0.670 e. The van der Waals surface area contributed by atoms with Gasteiger partial charge in [-0.05, 0) is 41.5 Å². The Balaban J connectivity index is 3.75. The predicted molar refractivity (Wildman–Crippen MR) is 60.0 cm³/mol. The Bertz CT molecular complexity index is 159. The fourth-order valence-corrected chi connectivity index (χ4v) is 1.18. The van der Waals surface area contributed by atoms with Gasteiger partial charge in [-0.15, -0.1) is 0 Å².